The summed E-state index contributed by atoms with van der Waals surface area (Å²) < 4.78 is 10.2. The fourth-order valence-electron chi connectivity index (χ4n) is 0.937. The van der Waals surface area contributed by atoms with Crippen LogP contribution >= 0.6 is 11.6 Å². The van der Waals surface area contributed by atoms with E-state index in [1.54, 1.807) is 13.8 Å². The van der Waals surface area contributed by atoms with Crippen LogP contribution in [-0.4, -0.2) is 27.8 Å². The second-order valence-electron chi connectivity index (χ2n) is 5.58. The molecule has 0 aliphatic rings. The summed E-state index contributed by atoms with van der Waals surface area (Å²) >= 11 is 5.89. The zero-order valence-electron chi connectivity index (χ0n) is 11.2. The van der Waals surface area contributed by atoms with Crippen LogP contribution in [-0.2, 0) is 10.2 Å². The van der Waals surface area contributed by atoms with E-state index >= 15 is 0 Å². The summed E-state index contributed by atoms with van der Waals surface area (Å²) in [5, 5.41) is 9.89. The van der Waals surface area contributed by atoms with Crippen LogP contribution in [0, 0.1) is 0 Å². The van der Waals surface area contributed by atoms with E-state index in [4.69, 9.17) is 20.8 Å². The van der Waals surface area contributed by atoms with Crippen LogP contribution in [0.25, 0.3) is 0 Å². The number of anilines is 1. The maximum Gasteiger partial charge on any atom is 0.415 e. The van der Waals surface area contributed by atoms with Gasteiger partial charge in [0.1, 0.15) is 6.61 Å². The number of carbonyl (C=O) groups is 1. The summed E-state index contributed by atoms with van der Waals surface area (Å²) in [5.41, 5.74) is -0.269. The maximum absolute atomic E-state index is 11.4. The predicted molar refractivity (Wildman–Crippen MR) is 67.9 cm³/mol. The minimum atomic E-state index is -0.673. The van der Waals surface area contributed by atoms with E-state index in [0.717, 1.165) is 0 Å². The van der Waals surface area contributed by atoms with E-state index in [0.29, 0.717) is 5.89 Å². The van der Waals surface area contributed by atoms with Crippen molar-refractivity contribution in [2.24, 2.45) is 0 Å². The van der Waals surface area contributed by atoms with Gasteiger partial charge >= 0.3 is 12.1 Å². The SMILES string of the molecule is CC(C)(Cl)COC(=O)Nc1nnc(C(C)(C)C)o1. The third kappa shape index (κ3) is 4.91. The van der Waals surface area contributed by atoms with Crippen molar-refractivity contribution in [1.82, 2.24) is 10.2 Å². The van der Waals surface area contributed by atoms with Crippen LogP contribution in [0.15, 0.2) is 4.42 Å². The van der Waals surface area contributed by atoms with Gasteiger partial charge in [-0.2, -0.15) is 0 Å². The highest BCUT2D eigenvalue weighted by Crippen LogP contribution is 2.22. The average molecular weight is 276 g/mol. The zero-order valence-corrected chi connectivity index (χ0v) is 12.0. The molecular weight excluding hydrogens is 258 g/mol. The first-order chi connectivity index (χ1) is 8.08. The van der Waals surface area contributed by atoms with Crippen molar-refractivity contribution in [1.29, 1.82) is 0 Å². The van der Waals surface area contributed by atoms with Gasteiger partial charge in [-0.3, -0.25) is 0 Å². The van der Waals surface area contributed by atoms with Crippen LogP contribution in [0.3, 0.4) is 0 Å². The first kappa shape index (κ1) is 14.8. The Morgan fingerprint density at radius 3 is 2.39 bits per heavy atom. The summed E-state index contributed by atoms with van der Waals surface area (Å²) in [4.78, 5) is 10.8. The largest absolute Gasteiger partial charge is 0.447 e. The molecule has 0 saturated carbocycles. The molecule has 1 N–H and O–H groups in total. The van der Waals surface area contributed by atoms with E-state index < -0.39 is 11.0 Å². The molecule has 1 heterocycles. The molecule has 1 aromatic rings. The summed E-state index contributed by atoms with van der Waals surface area (Å²) in [6.45, 7) is 9.36. The van der Waals surface area contributed by atoms with Crippen molar-refractivity contribution in [3.05, 3.63) is 5.89 Å². The number of ether oxygens (including phenoxy) is 1. The Hall–Kier alpha value is -1.30. The third-order valence-corrected chi connectivity index (χ3v) is 1.93. The summed E-state index contributed by atoms with van der Waals surface area (Å²) in [6.07, 6.45) is -0.673. The number of rotatable bonds is 3. The normalized spacial score (nSPS) is 12.3. The molecule has 102 valence electrons. The molecule has 0 aromatic carbocycles. The lowest BCUT2D eigenvalue weighted by Gasteiger charge is -2.15. The Morgan fingerprint density at radius 1 is 1.33 bits per heavy atom. The second-order valence-corrected chi connectivity index (χ2v) is 6.61. The first-order valence-corrected chi connectivity index (χ1v) is 5.92. The lowest BCUT2D eigenvalue weighted by atomic mass is 9.97. The molecule has 7 heteroatoms. The van der Waals surface area contributed by atoms with E-state index in [1.807, 2.05) is 20.8 Å². The van der Waals surface area contributed by atoms with E-state index in [-0.39, 0.29) is 18.0 Å². The predicted octanol–water partition coefficient (Wildman–Crippen LogP) is 2.93. The van der Waals surface area contributed by atoms with Crippen molar-refractivity contribution in [2.45, 2.75) is 44.9 Å². The fourth-order valence-corrected chi connectivity index (χ4v) is 0.992. The highest BCUT2D eigenvalue weighted by molar-refractivity contribution is 6.23. The quantitative estimate of drug-likeness (QED) is 0.858. The van der Waals surface area contributed by atoms with Crippen molar-refractivity contribution in [3.8, 4) is 0 Å². The molecule has 1 rings (SSSR count). The van der Waals surface area contributed by atoms with Crippen molar-refractivity contribution < 1.29 is 13.9 Å². The molecule has 0 saturated heterocycles. The summed E-state index contributed by atoms with van der Waals surface area (Å²) in [5.74, 6) is 0.440. The van der Waals surface area contributed by atoms with Gasteiger partial charge in [0.2, 0.25) is 5.89 Å². The number of alkyl halides is 1. The Kier molecular flexibility index (Phi) is 4.21. The van der Waals surface area contributed by atoms with Crippen LogP contribution in [0.5, 0.6) is 0 Å². The van der Waals surface area contributed by atoms with E-state index in [9.17, 15) is 4.79 Å². The van der Waals surface area contributed by atoms with Gasteiger partial charge in [0.25, 0.3) is 0 Å². The molecule has 1 aromatic heterocycles. The Labute approximate surface area is 111 Å². The lowest BCUT2D eigenvalue weighted by molar-refractivity contribution is 0.151. The highest BCUT2D eigenvalue weighted by atomic mass is 35.5. The van der Waals surface area contributed by atoms with Crippen LogP contribution in [0.2, 0.25) is 0 Å². The smallest absolute Gasteiger partial charge is 0.415 e. The minimum absolute atomic E-state index is 0.0114. The van der Waals surface area contributed by atoms with Crippen LogP contribution in [0.4, 0.5) is 10.8 Å². The van der Waals surface area contributed by atoms with Crippen LogP contribution < -0.4 is 5.32 Å². The molecule has 0 spiro atoms. The van der Waals surface area contributed by atoms with E-state index in [1.165, 1.54) is 0 Å². The minimum Gasteiger partial charge on any atom is -0.447 e. The lowest BCUT2D eigenvalue weighted by Crippen LogP contribution is -2.24. The number of carbonyl (C=O) groups excluding carboxylic acids is 1. The Bertz CT molecular complexity index is 418. The number of amides is 1. The second kappa shape index (κ2) is 5.14. The molecule has 0 radical (unpaired) electrons. The molecular formula is C11H18ClN3O3. The third-order valence-electron chi connectivity index (χ3n) is 1.82. The van der Waals surface area contributed by atoms with Gasteiger partial charge in [-0.05, 0) is 13.8 Å². The summed E-state index contributed by atoms with van der Waals surface area (Å²) in [7, 11) is 0. The number of hydrogen-bond acceptors (Lipinski definition) is 5. The summed E-state index contributed by atoms with van der Waals surface area (Å²) in [6, 6.07) is 0.0114. The molecule has 6 nitrogen and oxygen atoms in total. The molecule has 0 aliphatic heterocycles. The van der Waals surface area contributed by atoms with Crippen LogP contribution in [0.1, 0.15) is 40.5 Å². The average Bonchev–Trinajstić information content (AvgIpc) is 2.61. The Balaban J connectivity index is 2.53. The van der Waals surface area contributed by atoms with Crippen molar-refractivity contribution in [3.63, 3.8) is 0 Å². The van der Waals surface area contributed by atoms with Gasteiger partial charge in [0.05, 0.1) is 4.87 Å². The zero-order chi connectivity index (χ0) is 14.0. The standard InChI is InChI=1S/C11H18ClN3O3/c1-10(2,3)7-14-15-8(18-7)13-9(16)17-6-11(4,5)12/h6H2,1-5H3,(H,13,15,16). The molecule has 0 aliphatic carbocycles. The molecule has 0 bridgehead atoms. The van der Waals surface area contributed by atoms with Gasteiger partial charge in [-0.25, -0.2) is 10.1 Å². The van der Waals surface area contributed by atoms with Crippen molar-refractivity contribution >= 4 is 23.7 Å². The highest BCUT2D eigenvalue weighted by Gasteiger charge is 2.23. The Morgan fingerprint density at radius 2 is 1.94 bits per heavy atom. The number of hydrogen-bond donors (Lipinski definition) is 1. The van der Waals surface area contributed by atoms with Gasteiger partial charge in [-0.15, -0.1) is 16.7 Å². The number of halogens is 1. The van der Waals surface area contributed by atoms with Gasteiger partial charge in [0.15, 0.2) is 0 Å². The molecule has 1 amide bonds. The maximum atomic E-state index is 11.4. The molecule has 0 fully saturated rings. The van der Waals surface area contributed by atoms with Crippen molar-refractivity contribution in [2.75, 3.05) is 11.9 Å². The fraction of sp³-hybridized carbons (Fsp3) is 0.727. The number of nitrogens with one attached hydrogen (secondary N) is 1. The first-order valence-electron chi connectivity index (χ1n) is 5.54. The molecule has 0 atom stereocenters. The van der Waals surface area contributed by atoms with Gasteiger partial charge in [-0.1, -0.05) is 25.9 Å². The van der Waals surface area contributed by atoms with E-state index in [2.05, 4.69) is 15.5 Å². The molecule has 0 unspecified atom stereocenters. The number of nitrogens with zero attached hydrogens (tertiary/aromatic N) is 2. The van der Waals surface area contributed by atoms with Gasteiger partial charge < -0.3 is 9.15 Å². The molecule has 18 heavy (non-hydrogen) atoms. The topological polar surface area (TPSA) is 77.2 Å². The van der Waals surface area contributed by atoms with Gasteiger partial charge in [0, 0.05) is 5.41 Å². The number of aromatic nitrogens is 2. The monoisotopic (exact) mass is 275 g/mol.